The van der Waals surface area contributed by atoms with Gasteiger partial charge in [0.15, 0.2) is 15.4 Å². The molecule has 2 saturated heterocycles. The predicted octanol–water partition coefficient (Wildman–Crippen LogP) is 5.76. The average molecular weight is 698 g/mol. The topological polar surface area (TPSA) is 87.2 Å². The van der Waals surface area contributed by atoms with E-state index in [2.05, 4.69) is 0 Å². The molecule has 2 aliphatic heterocycles. The first-order valence-electron chi connectivity index (χ1n) is 15.0. The van der Waals surface area contributed by atoms with Crippen LogP contribution in [-0.2, 0) is 36.3 Å². The summed E-state index contributed by atoms with van der Waals surface area (Å²) in [5.74, 6) is -2.97. The molecular formula is C33H33F6N3O5S. The second kappa shape index (κ2) is 13.1. The van der Waals surface area contributed by atoms with Crippen molar-refractivity contribution in [3.8, 4) is 0 Å². The minimum Gasteiger partial charge on any atom is -0.356 e. The number of halogens is 6. The summed E-state index contributed by atoms with van der Waals surface area (Å²) >= 11 is 0. The minimum atomic E-state index is -5.06. The van der Waals surface area contributed by atoms with E-state index in [1.165, 1.54) is 28.9 Å². The van der Waals surface area contributed by atoms with Gasteiger partial charge in [-0.25, -0.2) is 26.4 Å². The molecule has 0 radical (unpaired) electrons. The van der Waals surface area contributed by atoms with Crippen molar-refractivity contribution in [1.29, 1.82) is 0 Å². The Morgan fingerprint density at radius 1 is 0.812 bits per heavy atom. The second-order valence-electron chi connectivity index (χ2n) is 12.0. The molecule has 2 aliphatic rings. The summed E-state index contributed by atoms with van der Waals surface area (Å²) in [5.41, 5.74) is -4.12. The van der Waals surface area contributed by atoms with Crippen LogP contribution in [0.25, 0.3) is 0 Å². The maximum absolute atomic E-state index is 14.5. The van der Waals surface area contributed by atoms with Gasteiger partial charge in [-0.05, 0) is 60.9 Å². The number of urea groups is 1. The van der Waals surface area contributed by atoms with Crippen molar-refractivity contribution < 1.29 is 49.1 Å². The van der Waals surface area contributed by atoms with E-state index >= 15 is 0 Å². The summed E-state index contributed by atoms with van der Waals surface area (Å²) in [7, 11) is -4.39. The smallest absolute Gasteiger partial charge is 0.356 e. The van der Waals surface area contributed by atoms with Crippen LogP contribution in [0.2, 0.25) is 0 Å². The number of amides is 3. The lowest BCUT2D eigenvalue weighted by molar-refractivity contribution is -0.282. The van der Waals surface area contributed by atoms with Gasteiger partial charge in [0, 0.05) is 51.8 Å². The van der Waals surface area contributed by atoms with Gasteiger partial charge in [-0.1, -0.05) is 30.3 Å². The molecule has 15 heteroatoms. The lowest BCUT2D eigenvalue weighted by Crippen LogP contribution is -2.54. The third-order valence-electron chi connectivity index (χ3n) is 9.21. The van der Waals surface area contributed by atoms with Crippen LogP contribution in [0.15, 0.2) is 71.6 Å². The van der Waals surface area contributed by atoms with E-state index in [1.807, 2.05) is 0 Å². The van der Waals surface area contributed by atoms with Gasteiger partial charge in [-0.2, -0.15) is 13.2 Å². The summed E-state index contributed by atoms with van der Waals surface area (Å²) in [6, 6.07) is 11.0. The standard InChI is InChI=1S/C33H33F6N3O5S/c1-22(43)40-16-18-41(19-17-40)30(44)42-15-14-32(21-42,48(45,46)26-12-10-25(34)11-13-26)24-8-6-23(7-9-24)31(2,33(37,38)39)47-20-27-28(35)4-3-5-29(27)36/h3-13H,14-21H2,1-2H3/t31?,32-/m0/s1. The summed E-state index contributed by atoms with van der Waals surface area (Å²) in [6.07, 6.45) is -5.18. The molecule has 0 N–H and O–H groups in total. The highest BCUT2D eigenvalue weighted by Crippen LogP contribution is 2.46. The van der Waals surface area contributed by atoms with Gasteiger partial charge in [0.05, 0.1) is 11.5 Å². The molecule has 3 aromatic carbocycles. The van der Waals surface area contributed by atoms with Crippen LogP contribution in [0.1, 0.15) is 37.0 Å². The molecule has 1 unspecified atom stereocenters. The van der Waals surface area contributed by atoms with Crippen molar-refractivity contribution in [2.24, 2.45) is 0 Å². The van der Waals surface area contributed by atoms with Crippen molar-refractivity contribution in [2.45, 2.75) is 48.3 Å². The number of hydrogen-bond acceptors (Lipinski definition) is 5. The predicted molar refractivity (Wildman–Crippen MR) is 162 cm³/mol. The van der Waals surface area contributed by atoms with Gasteiger partial charge in [0.2, 0.25) is 5.91 Å². The fraction of sp³-hybridized carbons (Fsp3) is 0.394. The lowest BCUT2D eigenvalue weighted by Gasteiger charge is -2.37. The van der Waals surface area contributed by atoms with E-state index < -0.39 is 67.6 Å². The van der Waals surface area contributed by atoms with Gasteiger partial charge in [0.1, 0.15) is 22.2 Å². The summed E-state index contributed by atoms with van der Waals surface area (Å²) < 4.78 is 118. The lowest BCUT2D eigenvalue weighted by atomic mass is 9.90. The Kier molecular flexibility index (Phi) is 9.58. The molecule has 0 bridgehead atoms. The number of alkyl halides is 3. The van der Waals surface area contributed by atoms with Crippen molar-refractivity contribution >= 4 is 21.8 Å². The van der Waals surface area contributed by atoms with Crippen LogP contribution in [0.3, 0.4) is 0 Å². The van der Waals surface area contributed by atoms with Gasteiger partial charge >= 0.3 is 12.2 Å². The summed E-state index contributed by atoms with van der Waals surface area (Å²) in [5, 5.41) is 0. The maximum atomic E-state index is 14.5. The molecule has 3 aromatic rings. The van der Waals surface area contributed by atoms with E-state index in [0.717, 1.165) is 54.6 Å². The molecule has 2 fully saturated rings. The van der Waals surface area contributed by atoms with E-state index in [4.69, 9.17) is 4.74 Å². The van der Waals surface area contributed by atoms with E-state index in [-0.39, 0.29) is 49.0 Å². The number of ether oxygens (including phenoxy) is 1. The van der Waals surface area contributed by atoms with E-state index in [1.54, 1.807) is 4.90 Å². The highest BCUT2D eigenvalue weighted by atomic mass is 32.2. The Morgan fingerprint density at radius 3 is 1.92 bits per heavy atom. The number of carbonyl (C=O) groups excluding carboxylic acids is 2. The number of piperazine rings is 1. The van der Waals surface area contributed by atoms with Crippen molar-refractivity contribution in [1.82, 2.24) is 14.7 Å². The van der Waals surface area contributed by atoms with Gasteiger partial charge in [-0.3, -0.25) is 4.79 Å². The Labute approximate surface area is 273 Å². The number of likely N-dealkylation sites (tertiary alicyclic amines) is 1. The van der Waals surface area contributed by atoms with Crippen molar-refractivity contribution in [3.63, 3.8) is 0 Å². The fourth-order valence-electron chi connectivity index (χ4n) is 6.11. The fourth-order valence-corrected chi connectivity index (χ4v) is 8.19. The first-order valence-corrected chi connectivity index (χ1v) is 16.5. The quantitative estimate of drug-likeness (QED) is 0.232. The van der Waals surface area contributed by atoms with Crippen molar-refractivity contribution in [2.75, 3.05) is 39.3 Å². The van der Waals surface area contributed by atoms with Gasteiger partial charge < -0.3 is 19.4 Å². The number of carbonyl (C=O) groups is 2. The minimum absolute atomic E-state index is 0.00842. The number of benzene rings is 3. The first kappa shape index (κ1) is 35.2. The average Bonchev–Trinajstić information content (AvgIpc) is 3.51. The monoisotopic (exact) mass is 697 g/mol. The van der Waals surface area contributed by atoms with Gasteiger partial charge in [0.25, 0.3) is 0 Å². The molecule has 2 heterocycles. The third-order valence-corrected chi connectivity index (χ3v) is 11.7. The largest absolute Gasteiger partial charge is 0.421 e. The van der Waals surface area contributed by atoms with E-state index in [0.29, 0.717) is 20.0 Å². The first-order chi connectivity index (χ1) is 22.5. The number of rotatable bonds is 7. The molecule has 5 rings (SSSR count). The zero-order valence-corrected chi connectivity index (χ0v) is 26.9. The van der Waals surface area contributed by atoms with Crippen LogP contribution >= 0.6 is 0 Å². The van der Waals surface area contributed by atoms with Crippen molar-refractivity contribution in [3.05, 3.63) is 101 Å². The summed E-state index contributed by atoms with van der Waals surface area (Å²) in [6.45, 7) is 1.79. The molecule has 3 amide bonds. The van der Waals surface area contributed by atoms with E-state index in [9.17, 15) is 44.3 Å². The molecule has 0 saturated carbocycles. The normalized spacial score (nSPS) is 20.1. The molecule has 0 aromatic heterocycles. The van der Waals surface area contributed by atoms with Crippen LogP contribution in [0.4, 0.5) is 31.1 Å². The molecule has 0 spiro atoms. The third kappa shape index (κ3) is 6.37. The Morgan fingerprint density at radius 2 is 1.38 bits per heavy atom. The number of sulfone groups is 1. The molecule has 8 nitrogen and oxygen atoms in total. The zero-order valence-electron chi connectivity index (χ0n) is 26.1. The Balaban J connectivity index is 1.49. The molecule has 2 atom stereocenters. The van der Waals surface area contributed by atoms with Crippen LogP contribution in [0, 0.1) is 17.5 Å². The molecular weight excluding hydrogens is 664 g/mol. The Bertz CT molecular complexity index is 1760. The molecule has 258 valence electrons. The Hall–Kier alpha value is -4.11. The summed E-state index contributed by atoms with van der Waals surface area (Å²) in [4.78, 5) is 29.5. The van der Waals surface area contributed by atoms with Crippen LogP contribution < -0.4 is 0 Å². The molecule has 48 heavy (non-hydrogen) atoms. The second-order valence-corrected chi connectivity index (χ2v) is 14.3. The highest BCUT2D eigenvalue weighted by Gasteiger charge is 2.55. The number of nitrogens with zero attached hydrogens (tertiary/aromatic N) is 3. The maximum Gasteiger partial charge on any atom is 0.421 e. The SMILES string of the molecule is CC(=O)N1CCN(C(=O)N2CC[C@](c3ccc(C(C)(OCc4c(F)cccc4F)C(F)(F)F)cc3)(S(=O)(=O)c3ccc(F)cc3)C2)CC1. The number of hydrogen-bond donors (Lipinski definition) is 0. The van der Waals surface area contributed by atoms with Crippen LogP contribution in [-0.4, -0.2) is 80.5 Å². The molecule has 0 aliphatic carbocycles. The van der Waals surface area contributed by atoms with Crippen LogP contribution in [0.5, 0.6) is 0 Å². The zero-order chi connectivity index (χ0) is 35.1. The highest BCUT2D eigenvalue weighted by molar-refractivity contribution is 7.92. The van der Waals surface area contributed by atoms with Gasteiger partial charge in [-0.15, -0.1) is 0 Å².